The smallest absolute Gasteiger partial charge is 0.123 e. The van der Waals surface area contributed by atoms with E-state index in [0.29, 0.717) is 12.0 Å². The Bertz CT molecular complexity index is 561. The fourth-order valence-electron chi connectivity index (χ4n) is 3.26. The average Bonchev–Trinajstić information content (AvgIpc) is 2.95. The first-order chi connectivity index (χ1) is 9.78. The molecule has 0 amide bonds. The van der Waals surface area contributed by atoms with Gasteiger partial charge in [-0.15, -0.1) is 11.3 Å². The Morgan fingerprint density at radius 1 is 1.30 bits per heavy atom. The van der Waals surface area contributed by atoms with Crippen molar-refractivity contribution in [3.05, 3.63) is 57.5 Å². The summed E-state index contributed by atoms with van der Waals surface area (Å²) in [5, 5.41) is 5.69. The van der Waals surface area contributed by atoms with Crippen LogP contribution in [0.25, 0.3) is 0 Å². The monoisotopic (exact) mass is 289 g/mol. The zero-order valence-electron chi connectivity index (χ0n) is 11.7. The standard InChI is InChI=1S/C17H20FNS/c1-19-16(11-12-5-7-13(18)8-6-12)14-3-2-4-17-15(14)9-10-20-17/h5-10,14,16,19H,2-4,11H2,1H3. The zero-order chi connectivity index (χ0) is 13.9. The van der Waals surface area contributed by atoms with E-state index in [1.54, 1.807) is 17.0 Å². The first kappa shape index (κ1) is 13.8. The molecule has 20 heavy (non-hydrogen) atoms. The molecule has 1 aromatic heterocycles. The van der Waals surface area contributed by atoms with Crippen molar-refractivity contribution in [2.45, 2.75) is 37.6 Å². The van der Waals surface area contributed by atoms with E-state index < -0.39 is 0 Å². The van der Waals surface area contributed by atoms with Crippen LogP contribution in [0.2, 0.25) is 0 Å². The van der Waals surface area contributed by atoms with Crippen LogP contribution in [0.4, 0.5) is 4.39 Å². The summed E-state index contributed by atoms with van der Waals surface area (Å²) in [7, 11) is 2.04. The Morgan fingerprint density at radius 2 is 2.10 bits per heavy atom. The summed E-state index contributed by atoms with van der Waals surface area (Å²) in [4.78, 5) is 1.56. The van der Waals surface area contributed by atoms with Crippen LogP contribution in [0, 0.1) is 5.82 Å². The second kappa shape index (κ2) is 6.06. The summed E-state index contributed by atoms with van der Waals surface area (Å²) < 4.78 is 13.0. The second-order valence-corrected chi connectivity index (χ2v) is 6.52. The molecule has 0 aliphatic heterocycles. The minimum Gasteiger partial charge on any atom is -0.316 e. The highest BCUT2D eigenvalue weighted by atomic mass is 32.1. The molecule has 1 nitrogen and oxygen atoms in total. The fourth-order valence-corrected chi connectivity index (χ4v) is 4.26. The van der Waals surface area contributed by atoms with E-state index in [2.05, 4.69) is 16.8 Å². The third-order valence-corrected chi connectivity index (χ3v) is 5.32. The Balaban J connectivity index is 1.79. The first-order valence-electron chi connectivity index (χ1n) is 7.26. The highest BCUT2D eigenvalue weighted by molar-refractivity contribution is 7.10. The van der Waals surface area contributed by atoms with Crippen LogP contribution < -0.4 is 5.32 Å². The molecule has 0 radical (unpaired) electrons. The molecule has 0 saturated carbocycles. The van der Waals surface area contributed by atoms with Gasteiger partial charge in [0, 0.05) is 16.8 Å². The quantitative estimate of drug-likeness (QED) is 0.892. The van der Waals surface area contributed by atoms with Gasteiger partial charge in [-0.05, 0) is 67.4 Å². The third-order valence-electron chi connectivity index (χ3n) is 4.32. The number of halogens is 1. The SMILES string of the molecule is CNC(Cc1ccc(F)cc1)C1CCCc2sccc21. The zero-order valence-corrected chi connectivity index (χ0v) is 12.5. The fraction of sp³-hybridized carbons (Fsp3) is 0.412. The number of thiophene rings is 1. The van der Waals surface area contributed by atoms with Gasteiger partial charge < -0.3 is 5.32 Å². The molecule has 106 valence electrons. The lowest BCUT2D eigenvalue weighted by Gasteiger charge is -2.30. The van der Waals surface area contributed by atoms with Crippen LogP contribution in [0.3, 0.4) is 0 Å². The van der Waals surface area contributed by atoms with Gasteiger partial charge in [0.25, 0.3) is 0 Å². The number of hydrogen-bond acceptors (Lipinski definition) is 2. The maximum atomic E-state index is 13.0. The van der Waals surface area contributed by atoms with Gasteiger partial charge in [-0.1, -0.05) is 12.1 Å². The molecule has 1 aliphatic rings. The number of aryl methyl sites for hydroxylation is 1. The van der Waals surface area contributed by atoms with E-state index >= 15 is 0 Å². The Labute approximate surface area is 123 Å². The van der Waals surface area contributed by atoms with Crippen LogP contribution in [-0.2, 0) is 12.8 Å². The summed E-state index contributed by atoms with van der Waals surface area (Å²) >= 11 is 1.89. The van der Waals surface area contributed by atoms with E-state index in [-0.39, 0.29) is 5.82 Å². The molecule has 3 heteroatoms. The predicted octanol–water partition coefficient (Wildman–Crippen LogP) is 4.14. The van der Waals surface area contributed by atoms with Crippen LogP contribution in [-0.4, -0.2) is 13.1 Å². The molecule has 3 rings (SSSR count). The molecule has 1 aliphatic carbocycles. The Kier molecular flexibility index (Phi) is 4.18. The Hall–Kier alpha value is -1.19. The van der Waals surface area contributed by atoms with Gasteiger partial charge in [0.2, 0.25) is 0 Å². The van der Waals surface area contributed by atoms with Gasteiger partial charge in [-0.25, -0.2) is 4.39 Å². The summed E-state index contributed by atoms with van der Waals surface area (Å²) in [5.74, 6) is 0.424. The normalized spacial score (nSPS) is 19.6. The van der Waals surface area contributed by atoms with Gasteiger partial charge in [-0.3, -0.25) is 0 Å². The van der Waals surface area contributed by atoms with Gasteiger partial charge >= 0.3 is 0 Å². The largest absolute Gasteiger partial charge is 0.316 e. The van der Waals surface area contributed by atoms with E-state index in [1.807, 2.05) is 30.5 Å². The van der Waals surface area contributed by atoms with Crippen LogP contribution in [0.5, 0.6) is 0 Å². The number of benzene rings is 1. The molecular formula is C17H20FNS. The van der Waals surface area contributed by atoms with Crippen molar-refractivity contribution in [1.29, 1.82) is 0 Å². The Morgan fingerprint density at radius 3 is 2.85 bits per heavy atom. The number of fused-ring (bicyclic) bond motifs is 1. The summed E-state index contributed by atoms with van der Waals surface area (Å²) in [6, 6.07) is 9.62. The molecule has 1 aromatic carbocycles. The summed E-state index contributed by atoms with van der Waals surface area (Å²) in [6.07, 6.45) is 4.71. The van der Waals surface area contributed by atoms with Crippen LogP contribution in [0.15, 0.2) is 35.7 Å². The van der Waals surface area contributed by atoms with Crippen molar-refractivity contribution in [3.8, 4) is 0 Å². The topological polar surface area (TPSA) is 12.0 Å². The number of hydrogen-bond donors (Lipinski definition) is 1. The first-order valence-corrected chi connectivity index (χ1v) is 8.14. The molecule has 2 aromatic rings. The molecule has 0 spiro atoms. The van der Waals surface area contributed by atoms with E-state index in [1.165, 1.54) is 30.4 Å². The van der Waals surface area contributed by atoms with Gasteiger partial charge in [0.15, 0.2) is 0 Å². The van der Waals surface area contributed by atoms with Crippen molar-refractivity contribution in [2.24, 2.45) is 0 Å². The highest BCUT2D eigenvalue weighted by Gasteiger charge is 2.27. The third kappa shape index (κ3) is 2.79. The molecule has 1 heterocycles. The van der Waals surface area contributed by atoms with Crippen LogP contribution in [0.1, 0.15) is 34.8 Å². The molecule has 0 bridgehead atoms. The van der Waals surface area contributed by atoms with Crippen molar-refractivity contribution in [2.75, 3.05) is 7.05 Å². The van der Waals surface area contributed by atoms with Gasteiger partial charge in [0.05, 0.1) is 0 Å². The molecule has 1 N–H and O–H groups in total. The number of nitrogens with one attached hydrogen (secondary N) is 1. The predicted molar refractivity (Wildman–Crippen MR) is 82.9 cm³/mol. The number of likely N-dealkylation sites (N-methyl/N-ethyl adjacent to an activating group) is 1. The van der Waals surface area contributed by atoms with E-state index in [0.717, 1.165) is 6.42 Å². The lowest BCUT2D eigenvalue weighted by molar-refractivity contribution is 0.413. The van der Waals surface area contributed by atoms with Crippen molar-refractivity contribution < 1.29 is 4.39 Å². The van der Waals surface area contributed by atoms with Crippen molar-refractivity contribution in [1.82, 2.24) is 5.32 Å². The van der Waals surface area contributed by atoms with Gasteiger partial charge in [-0.2, -0.15) is 0 Å². The van der Waals surface area contributed by atoms with E-state index in [4.69, 9.17) is 0 Å². The van der Waals surface area contributed by atoms with E-state index in [9.17, 15) is 4.39 Å². The summed E-state index contributed by atoms with van der Waals surface area (Å²) in [5.41, 5.74) is 2.73. The lowest BCUT2D eigenvalue weighted by atomic mass is 9.80. The van der Waals surface area contributed by atoms with Crippen LogP contribution >= 0.6 is 11.3 Å². The lowest BCUT2D eigenvalue weighted by Crippen LogP contribution is -2.35. The average molecular weight is 289 g/mol. The molecule has 2 atom stereocenters. The molecular weight excluding hydrogens is 269 g/mol. The molecule has 0 saturated heterocycles. The molecule has 2 unspecified atom stereocenters. The summed E-state index contributed by atoms with van der Waals surface area (Å²) in [6.45, 7) is 0. The second-order valence-electron chi connectivity index (χ2n) is 5.52. The maximum absolute atomic E-state index is 13.0. The van der Waals surface area contributed by atoms with Gasteiger partial charge in [0.1, 0.15) is 5.82 Å². The minimum absolute atomic E-state index is 0.160. The van der Waals surface area contributed by atoms with Crippen molar-refractivity contribution >= 4 is 11.3 Å². The van der Waals surface area contributed by atoms with Crippen molar-refractivity contribution in [3.63, 3.8) is 0 Å². The number of rotatable bonds is 4. The minimum atomic E-state index is -0.160. The maximum Gasteiger partial charge on any atom is 0.123 e. The highest BCUT2D eigenvalue weighted by Crippen LogP contribution is 2.37. The molecule has 0 fully saturated rings.